The normalized spacial score (nSPS) is 11.3. The van der Waals surface area contributed by atoms with Crippen molar-refractivity contribution >= 4 is 21.8 Å². The second-order valence-electron chi connectivity index (χ2n) is 8.38. The van der Waals surface area contributed by atoms with Crippen LogP contribution in [0, 0.1) is 0 Å². The number of rotatable bonds is 15. The summed E-state index contributed by atoms with van der Waals surface area (Å²) < 4.78 is 11.7. The van der Waals surface area contributed by atoms with E-state index in [0.717, 1.165) is 47.9 Å². The number of unbranched alkanes of at least 4 members (excludes halogenated alkanes) is 9. The molecule has 0 aliphatic rings. The first-order valence-electron chi connectivity index (χ1n) is 12.3. The van der Waals surface area contributed by atoms with Gasteiger partial charge in [-0.1, -0.05) is 71.6 Å². The Balaban J connectivity index is 1.54. The molecule has 0 atom stereocenters. The Hall–Kier alpha value is -2.36. The molecule has 3 aromatic rings. The summed E-state index contributed by atoms with van der Waals surface area (Å²) in [5.41, 5.74) is 1.89. The van der Waals surface area contributed by atoms with Gasteiger partial charge in [-0.3, -0.25) is 0 Å². The van der Waals surface area contributed by atoms with E-state index in [0.29, 0.717) is 11.8 Å². The van der Waals surface area contributed by atoms with Gasteiger partial charge in [0.05, 0.1) is 24.2 Å². The minimum absolute atomic E-state index is 0.703. The highest BCUT2D eigenvalue weighted by atomic mass is 16.5. The molecule has 1 aromatic carbocycles. The lowest BCUT2D eigenvalue weighted by atomic mass is 10.1. The van der Waals surface area contributed by atoms with Crippen molar-refractivity contribution in [1.29, 1.82) is 0 Å². The molecule has 4 heteroatoms. The van der Waals surface area contributed by atoms with Crippen molar-refractivity contribution in [2.45, 2.75) is 84.5 Å². The first-order valence-corrected chi connectivity index (χ1v) is 12.3. The molecule has 2 heterocycles. The largest absolute Gasteiger partial charge is 0.478 e. The summed E-state index contributed by atoms with van der Waals surface area (Å²) in [5.74, 6) is 1.41. The molecular formula is C27H38N2O2. The summed E-state index contributed by atoms with van der Waals surface area (Å²) in [6.07, 6.45) is 13.7. The highest BCUT2D eigenvalue weighted by Crippen LogP contribution is 2.27. The minimum atomic E-state index is 0.703. The SMILES string of the molecule is CCCCCCCCOc1ccc2c(ccc3nc(OCCCCCCC)ccc32)n1. The van der Waals surface area contributed by atoms with Crippen LogP contribution in [0.15, 0.2) is 36.4 Å². The molecule has 0 aliphatic carbocycles. The number of hydrogen-bond acceptors (Lipinski definition) is 4. The van der Waals surface area contributed by atoms with Gasteiger partial charge in [0, 0.05) is 22.9 Å². The van der Waals surface area contributed by atoms with Gasteiger partial charge in [0.25, 0.3) is 0 Å². The Labute approximate surface area is 187 Å². The molecule has 0 amide bonds. The number of pyridine rings is 2. The fourth-order valence-electron chi connectivity index (χ4n) is 3.88. The van der Waals surface area contributed by atoms with Gasteiger partial charge in [-0.2, -0.15) is 0 Å². The molecule has 0 N–H and O–H groups in total. The molecule has 0 bridgehead atoms. The van der Waals surface area contributed by atoms with Crippen molar-refractivity contribution in [3.8, 4) is 11.8 Å². The molecule has 0 saturated heterocycles. The number of benzene rings is 1. The lowest BCUT2D eigenvalue weighted by molar-refractivity contribution is 0.294. The highest BCUT2D eigenvalue weighted by Gasteiger charge is 2.07. The summed E-state index contributed by atoms with van der Waals surface area (Å²) in [4.78, 5) is 9.39. The quantitative estimate of drug-likeness (QED) is 0.185. The van der Waals surface area contributed by atoms with E-state index < -0.39 is 0 Å². The summed E-state index contributed by atoms with van der Waals surface area (Å²) in [6.45, 7) is 5.95. The standard InChI is InChI=1S/C27H38N2O2/c1-3-5-7-9-11-13-21-31-27-19-15-23-22-14-18-26(30-20-12-10-8-6-4-2)28-24(22)16-17-25(23)29-27/h14-19H,3-13,20-21H2,1-2H3. The van der Waals surface area contributed by atoms with Gasteiger partial charge in [0.1, 0.15) is 0 Å². The lowest BCUT2D eigenvalue weighted by Crippen LogP contribution is -2.00. The van der Waals surface area contributed by atoms with Crippen LogP contribution in [0.25, 0.3) is 21.8 Å². The maximum Gasteiger partial charge on any atom is 0.213 e. The van der Waals surface area contributed by atoms with Crippen LogP contribution in [0.1, 0.15) is 84.5 Å². The Kier molecular flexibility index (Phi) is 9.88. The summed E-state index contributed by atoms with van der Waals surface area (Å²) >= 11 is 0. The van der Waals surface area contributed by atoms with Crippen molar-refractivity contribution in [3.63, 3.8) is 0 Å². The third kappa shape index (κ3) is 7.37. The number of hydrogen-bond donors (Lipinski definition) is 0. The van der Waals surface area contributed by atoms with Crippen LogP contribution < -0.4 is 9.47 Å². The molecule has 0 aliphatic heterocycles. The molecular weight excluding hydrogens is 384 g/mol. The smallest absolute Gasteiger partial charge is 0.213 e. The minimum Gasteiger partial charge on any atom is -0.478 e. The summed E-state index contributed by atoms with van der Waals surface area (Å²) in [6, 6.07) is 12.2. The molecule has 2 aromatic heterocycles. The van der Waals surface area contributed by atoms with E-state index >= 15 is 0 Å². The molecule has 0 radical (unpaired) electrons. The zero-order chi connectivity index (χ0) is 21.7. The molecule has 3 rings (SSSR count). The summed E-state index contributed by atoms with van der Waals surface area (Å²) in [5, 5.41) is 2.20. The molecule has 4 nitrogen and oxygen atoms in total. The van der Waals surface area contributed by atoms with Crippen molar-refractivity contribution in [2.75, 3.05) is 13.2 Å². The van der Waals surface area contributed by atoms with Gasteiger partial charge in [0.2, 0.25) is 11.8 Å². The third-order valence-corrected chi connectivity index (χ3v) is 5.73. The maximum absolute atomic E-state index is 5.88. The number of nitrogens with zero attached hydrogens (tertiary/aromatic N) is 2. The maximum atomic E-state index is 5.88. The van der Waals surface area contributed by atoms with Crippen LogP contribution in [0.4, 0.5) is 0 Å². The average molecular weight is 423 g/mol. The van der Waals surface area contributed by atoms with Crippen molar-refractivity contribution in [3.05, 3.63) is 36.4 Å². The second-order valence-corrected chi connectivity index (χ2v) is 8.38. The predicted molar refractivity (Wildman–Crippen MR) is 130 cm³/mol. The van der Waals surface area contributed by atoms with E-state index in [9.17, 15) is 0 Å². The molecule has 0 saturated carbocycles. The zero-order valence-electron chi connectivity index (χ0n) is 19.4. The predicted octanol–water partition coefficient (Wildman–Crippen LogP) is 7.87. The van der Waals surface area contributed by atoms with Crippen molar-refractivity contribution < 1.29 is 9.47 Å². The van der Waals surface area contributed by atoms with Gasteiger partial charge < -0.3 is 9.47 Å². The Morgan fingerprint density at radius 1 is 0.516 bits per heavy atom. The first-order chi connectivity index (χ1) is 15.3. The number of ether oxygens (including phenoxy) is 2. The molecule has 31 heavy (non-hydrogen) atoms. The van der Waals surface area contributed by atoms with E-state index in [1.807, 2.05) is 24.3 Å². The first kappa shape index (κ1) is 23.3. The van der Waals surface area contributed by atoms with E-state index in [2.05, 4.69) is 26.0 Å². The Morgan fingerprint density at radius 3 is 1.39 bits per heavy atom. The van der Waals surface area contributed by atoms with Crippen LogP contribution in [0.5, 0.6) is 11.8 Å². The van der Waals surface area contributed by atoms with Gasteiger partial charge in [-0.25, -0.2) is 9.97 Å². The molecule has 0 unspecified atom stereocenters. The number of fused-ring (bicyclic) bond motifs is 3. The molecule has 0 fully saturated rings. The van der Waals surface area contributed by atoms with Crippen molar-refractivity contribution in [2.24, 2.45) is 0 Å². The van der Waals surface area contributed by atoms with Gasteiger partial charge in [-0.05, 0) is 37.1 Å². The second kappa shape index (κ2) is 13.1. The van der Waals surface area contributed by atoms with Crippen LogP contribution in [0.3, 0.4) is 0 Å². The van der Waals surface area contributed by atoms with Crippen LogP contribution >= 0.6 is 0 Å². The van der Waals surface area contributed by atoms with Gasteiger partial charge in [0.15, 0.2) is 0 Å². The van der Waals surface area contributed by atoms with Crippen LogP contribution in [-0.2, 0) is 0 Å². The third-order valence-electron chi connectivity index (χ3n) is 5.73. The lowest BCUT2D eigenvalue weighted by Gasteiger charge is -2.09. The fraction of sp³-hybridized carbons (Fsp3) is 0.556. The Morgan fingerprint density at radius 2 is 0.935 bits per heavy atom. The average Bonchev–Trinajstić information content (AvgIpc) is 2.80. The fourth-order valence-corrected chi connectivity index (χ4v) is 3.88. The zero-order valence-corrected chi connectivity index (χ0v) is 19.4. The molecule has 168 valence electrons. The van der Waals surface area contributed by atoms with Crippen molar-refractivity contribution in [1.82, 2.24) is 9.97 Å². The topological polar surface area (TPSA) is 44.2 Å². The van der Waals surface area contributed by atoms with E-state index in [4.69, 9.17) is 19.4 Å². The van der Waals surface area contributed by atoms with Gasteiger partial charge in [-0.15, -0.1) is 0 Å². The molecule has 0 spiro atoms. The summed E-state index contributed by atoms with van der Waals surface area (Å²) in [7, 11) is 0. The monoisotopic (exact) mass is 422 g/mol. The van der Waals surface area contributed by atoms with Crippen LogP contribution in [-0.4, -0.2) is 23.2 Å². The van der Waals surface area contributed by atoms with E-state index in [1.54, 1.807) is 0 Å². The van der Waals surface area contributed by atoms with E-state index in [1.165, 1.54) is 57.8 Å². The highest BCUT2D eigenvalue weighted by molar-refractivity contribution is 6.04. The van der Waals surface area contributed by atoms with Gasteiger partial charge >= 0.3 is 0 Å². The number of aromatic nitrogens is 2. The Bertz CT molecular complexity index is 926. The van der Waals surface area contributed by atoms with E-state index in [-0.39, 0.29) is 0 Å². The van der Waals surface area contributed by atoms with Crippen LogP contribution in [0.2, 0.25) is 0 Å².